The molecule has 24 heavy (non-hydrogen) atoms. The molecule has 2 heterocycles. The number of benzene rings is 1. The highest BCUT2D eigenvalue weighted by Crippen LogP contribution is 2.30. The van der Waals surface area contributed by atoms with Crippen molar-refractivity contribution in [1.29, 1.82) is 0 Å². The number of aromatic nitrogens is 1. The van der Waals surface area contributed by atoms with Gasteiger partial charge in [-0.15, -0.1) is 0 Å². The van der Waals surface area contributed by atoms with Crippen LogP contribution in [-0.4, -0.2) is 46.4 Å². The Balaban J connectivity index is 1.28. The van der Waals surface area contributed by atoms with Crippen LogP contribution in [0.5, 0.6) is 0 Å². The van der Waals surface area contributed by atoms with Crippen molar-refractivity contribution in [2.24, 2.45) is 5.92 Å². The van der Waals surface area contributed by atoms with Gasteiger partial charge in [0.25, 0.3) is 0 Å². The van der Waals surface area contributed by atoms with Gasteiger partial charge in [-0.25, -0.2) is 0 Å². The second-order valence-electron chi connectivity index (χ2n) is 7.01. The van der Waals surface area contributed by atoms with E-state index in [-0.39, 0.29) is 18.4 Å². The molecule has 0 unspecified atom stereocenters. The standard InChI is InChI=1S/C19H23N3O2/c23-18(22-12-19(24)21(13-22)11-14-8-9-14)7-3-4-15-10-20-17-6-2-1-5-16(15)17/h1-2,5-6,10,14,20H,3-4,7-9,11-13H2. The van der Waals surface area contributed by atoms with Gasteiger partial charge >= 0.3 is 0 Å². The van der Waals surface area contributed by atoms with Crippen molar-refractivity contribution in [3.05, 3.63) is 36.0 Å². The summed E-state index contributed by atoms with van der Waals surface area (Å²) >= 11 is 0. The van der Waals surface area contributed by atoms with Gasteiger partial charge < -0.3 is 14.8 Å². The van der Waals surface area contributed by atoms with Crippen molar-refractivity contribution in [2.45, 2.75) is 32.1 Å². The lowest BCUT2D eigenvalue weighted by Gasteiger charge is -2.17. The van der Waals surface area contributed by atoms with Gasteiger partial charge in [0, 0.05) is 30.1 Å². The molecule has 0 spiro atoms. The Bertz CT molecular complexity index is 763. The quantitative estimate of drug-likeness (QED) is 0.887. The number of aryl methyl sites for hydroxylation is 1. The Morgan fingerprint density at radius 1 is 1.25 bits per heavy atom. The molecule has 1 aromatic heterocycles. The Labute approximate surface area is 141 Å². The smallest absolute Gasteiger partial charge is 0.243 e. The first kappa shape index (κ1) is 15.2. The molecule has 0 bridgehead atoms. The maximum Gasteiger partial charge on any atom is 0.243 e. The summed E-state index contributed by atoms with van der Waals surface area (Å²) in [5.74, 6) is 0.874. The van der Waals surface area contributed by atoms with Crippen molar-refractivity contribution in [3.8, 4) is 0 Å². The fourth-order valence-electron chi connectivity index (χ4n) is 3.46. The number of nitrogens with one attached hydrogen (secondary N) is 1. The van der Waals surface area contributed by atoms with Gasteiger partial charge in [-0.2, -0.15) is 0 Å². The Morgan fingerprint density at radius 2 is 2.08 bits per heavy atom. The molecular weight excluding hydrogens is 302 g/mol. The second-order valence-corrected chi connectivity index (χ2v) is 7.01. The zero-order valence-corrected chi connectivity index (χ0v) is 13.8. The van der Waals surface area contributed by atoms with Gasteiger partial charge in [-0.05, 0) is 43.2 Å². The monoisotopic (exact) mass is 325 g/mol. The van der Waals surface area contributed by atoms with Crippen molar-refractivity contribution in [3.63, 3.8) is 0 Å². The van der Waals surface area contributed by atoms with E-state index in [1.165, 1.54) is 23.8 Å². The predicted octanol–water partition coefficient (Wildman–Crippen LogP) is 2.53. The van der Waals surface area contributed by atoms with Crippen molar-refractivity contribution in [1.82, 2.24) is 14.8 Å². The molecule has 4 rings (SSSR count). The summed E-state index contributed by atoms with van der Waals surface area (Å²) in [6.07, 6.45) is 6.68. The van der Waals surface area contributed by atoms with Crippen LogP contribution in [0.3, 0.4) is 0 Å². The van der Waals surface area contributed by atoms with E-state index in [0.29, 0.717) is 19.0 Å². The van der Waals surface area contributed by atoms with Crippen molar-refractivity contribution >= 4 is 22.7 Å². The minimum Gasteiger partial charge on any atom is -0.361 e. The maximum atomic E-state index is 12.4. The summed E-state index contributed by atoms with van der Waals surface area (Å²) in [6.45, 7) is 1.58. The molecule has 5 nitrogen and oxygen atoms in total. The number of carbonyl (C=O) groups is 2. The van der Waals surface area contributed by atoms with Gasteiger partial charge in [0.1, 0.15) is 6.54 Å². The third-order valence-corrected chi connectivity index (χ3v) is 5.06. The second kappa shape index (κ2) is 6.30. The van der Waals surface area contributed by atoms with Crippen LogP contribution >= 0.6 is 0 Å². The van der Waals surface area contributed by atoms with Crippen molar-refractivity contribution in [2.75, 3.05) is 19.8 Å². The molecule has 1 aromatic carbocycles. The van der Waals surface area contributed by atoms with E-state index in [9.17, 15) is 9.59 Å². The van der Waals surface area contributed by atoms with Crippen LogP contribution in [0, 0.1) is 5.92 Å². The first-order chi connectivity index (χ1) is 11.7. The summed E-state index contributed by atoms with van der Waals surface area (Å²) in [4.78, 5) is 31.2. The minimum absolute atomic E-state index is 0.0986. The molecule has 0 radical (unpaired) electrons. The van der Waals surface area contributed by atoms with Gasteiger partial charge in [-0.1, -0.05) is 18.2 Å². The molecule has 0 atom stereocenters. The summed E-state index contributed by atoms with van der Waals surface area (Å²) in [7, 11) is 0. The number of carbonyl (C=O) groups excluding carboxylic acids is 2. The maximum absolute atomic E-state index is 12.4. The highest BCUT2D eigenvalue weighted by Gasteiger charge is 2.34. The molecule has 2 aromatic rings. The number of aromatic amines is 1. The Morgan fingerprint density at radius 3 is 2.92 bits per heavy atom. The molecular formula is C19H23N3O2. The van der Waals surface area contributed by atoms with E-state index in [0.717, 1.165) is 24.9 Å². The lowest BCUT2D eigenvalue weighted by atomic mass is 10.1. The number of fused-ring (bicyclic) bond motifs is 1. The largest absolute Gasteiger partial charge is 0.361 e. The number of para-hydroxylation sites is 1. The third kappa shape index (κ3) is 3.16. The molecule has 126 valence electrons. The lowest BCUT2D eigenvalue weighted by Crippen LogP contribution is -2.32. The van der Waals surface area contributed by atoms with Crippen LogP contribution in [0.2, 0.25) is 0 Å². The molecule has 1 saturated carbocycles. The normalized spacial score (nSPS) is 17.9. The van der Waals surface area contributed by atoms with E-state index in [2.05, 4.69) is 17.1 Å². The molecule has 2 aliphatic rings. The number of rotatable bonds is 6. The first-order valence-corrected chi connectivity index (χ1v) is 8.81. The number of amides is 2. The minimum atomic E-state index is 0.0986. The van der Waals surface area contributed by atoms with Gasteiger partial charge in [0.05, 0.1) is 6.67 Å². The Hall–Kier alpha value is -2.30. The summed E-state index contributed by atoms with van der Waals surface area (Å²) in [6, 6.07) is 8.23. The molecule has 2 amide bonds. The van der Waals surface area contributed by atoms with E-state index in [1.807, 2.05) is 23.2 Å². The zero-order valence-electron chi connectivity index (χ0n) is 13.8. The molecule has 1 aliphatic carbocycles. The highest BCUT2D eigenvalue weighted by molar-refractivity contribution is 5.88. The fraction of sp³-hybridized carbons (Fsp3) is 0.474. The van der Waals surface area contributed by atoms with Gasteiger partial charge in [-0.3, -0.25) is 9.59 Å². The zero-order chi connectivity index (χ0) is 16.5. The Kier molecular flexibility index (Phi) is 4.00. The SMILES string of the molecule is O=C(CCCc1c[nH]c2ccccc12)N1CC(=O)N(CC2CC2)C1. The molecule has 1 saturated heterocycles. The van der Waals surface area contributed by atoms with E-state index in [4.69, 9.17) is 0 Å². The van der Waals surface area contributed by atoms with Crippen LogP contribution in [0.15, 0.2) is 30.5 Å². The van der Waals surface area contributed by atoms with E-state index in [1.54, 1.807) is 4.90 Å². The first-order valence-electron chi connectivity index (χ1n) is 8.81. The predicted molar refractivity (Wildman–Crippen MR) is 92.3 cm³/mol. The van der Waals surface area contributed by atoms with Crippen LogP contribution in [0.4, 0.5) is 0 Å². The topological polar surface area (TPSA) is 56.4 Å². The van der Waals surface area contributed by atoms with Gasteiger partial charge in [0.2, 0.25) is 11.8 Å². The lowest BCUT2D eigenvalue weighted by molar-refractivity contribution is -0.131. The van der Waals surface area contributed by atoms with Gasteiger partial charge in [0.15, 0.2) is 0 Å². The molecule has 1 N–H and O–H groups in total. The van der Waals surface area contributed by atoms with Crippen LogP contribution in [-0.2, 0) is 16.0 Å². The number of hydrogen-bond acceptors (Lipinski definition) is 2. The summed E-state index contributed by atoms with van der Waals surface area (Å²) in [5, 5.41) is 1.23. The average Bonchev–Trinajstić information content (AvgIpc) is 3.20. The van der Waals surface area contributed by atoms with Crippen molar-refractivity contribution < 1.29 is 9.59 Å². The number of H-pyrrole nitrogens is 1. The summed E-state index contributed by atoms with van der Waals surface area (Å²) in [5.41, 5.74) is 2.39. The molecule has 1 aliphatic heterocycles. The highest BCUT2D eigenvalue weighted by atomic mass is 16.2. The molecule has 5 heteroatoms. The number of hydrogen-bond donors (Lipinski definition) is 1. The summed E-state index contributed by atoms with van der Waals surface area (Å²) < 4.78 is 0. The van der Waals surface area contributed by atoms with Crippen LogP contribution in [0.25, 0.3) is 10.9 Å². The number of nitrogens with zero attached hydrogens (tertiary/aromatic N) is 2. The molecule has 2 fully saturated rings. The fourth-order valence-corrected chi connectivity index (χ4v) is 3.46. The van der Waals surface area contributed by atoms with E-state index >= 15 is 0 Å². The van der Waals surface area contributed by atoms with Crippen LogP contribution < -0.4 is 0 Å². The van der Waals surface area contributed by atoms with Crippen LogP contribution in [0.1, 0.15) is 31.2 Å². The van der Waals surface area contributed by atoms with E-state index < -0.39 is 0 Å². The average molecular weight is 325 g/mol. The third-order valence-electron chi connectivity index (χ3n) is 5.06.